The largest absolute Gasteiger partial charge is 0.303 e. The molecule has 1 aliphatic rings. The topological polar surface area (TPSA) is 3.24 Å². The Morgan fingerprint density at radius 1 is 1.23 bits per heavy atom. The molecule has 0 unspecified atom stereocenters. The zero-order chi connectivity index (χ0) is 9.26. The van der Waals surface area contributed by atoms with E-state index >= 15 is 0 Å². The Hall–Kier alpha value is -0.820. The molecule has 2 rings (SSSR count). The Kier molecular flexibility index (Phi) is 2.36. The van der Waals surface area contributed by atoms with Crippen LogP contribution < -0.4 is 0 Å². The summed E-state index contributed by atoms with van der Waals surface area (Å²) in [6.07, 6.45) is 2.47. The number of benzene rings is 1. The van der Waals surface area contributed by atoms with Crippen molar-refractivity contribution in [3.05, 3.63) is 35.4 Å². The monoisotopic (exact) mass is 175 g/mol. The molecule has 0 N–H and O–H groups in total. The van der Waals surface area contributed by atoms with E-state index in [9.17, 15) is 0 Å². The fraction of sp³-hybridized carbons (Fsp3) is 0.500. The predicted octanol–water partition coefficient (Wildman–Crippen LogP) is 2.11. The molecule has 1 aliphatic carbocycles. The molecular formula is C12H17N. The molecule has 70 valence electrons. The van der Waals surface area contributed by atoms with Crippen molar-refractivity contribution in [1.29, 1.82) is 0 Å². The van der Waals surface area contributed by atoms with Gasteiger partial charge in [-0.2, -0.15) is 0 Å². The third-order valence-corrected chi connectivity index (χ3v) is 3.15. The first-order valence-electron chi connectivity index (χ1n) is 5.08. The van der Waals surface area contributed by atoms with E-state index in [2.05, 4.69) is 43.1 Å². The lowest BCUT2D eigenvalue weighted by molar-refractivity contribution is 0.262. The van der Waals surface area contributed by atoms with Crippen LogP contribution in [0, 0.1) is 0 Å². The Balaban J connectivity index is 2.14. The molecule has 0 amide bonds. The van der Waals surface area contributed by atoms with E-state index in [1.807, 2.05) is 0 Å². The van der Waals surface area contributed by atoms with Crippen molar-refractivity contribution in [1.82, 2.24) is 4.90 Å². The van der Waals surface area contributed by atoms with Gasteiger partial charge in [0.2, 0.25) is 0 Å². The third-order valence-electron chi connectivity index (χ3n) is 3.15. The van der Waals surface area contributed by atoms with E-state index in [1.165, 1.54) is 12.8 Å². The van der Waals surface area contributed by atoms with Crippen LogP contribution in [0.3, 0.4) is 0 Å². The summed E-state index contributed by atoms with van der Waals surface area (Å²) >= 11 is 0. The normalized spacial score (nSPS) is 16.5. The minimum absolute atomic E-state index is 0.738. The predicted molar refractivity (Wildman–Crippen MR) is 55.9 cm³/mol. The molecule has 0 aromatic heterocycles. The van der Waals surface area contributed by atoms with Crippen LogP contribution in [0.15, 0.2) is 24.3 Å². The van der Waals surface area contributed by atoms with Crippen LogP contribution in [0.1, 0.15) is 18.1 Å². The zero-order valence-electron chi connectivity index (χ0n) is 8.46. The maximum Gasteiger partial charge on any atom is 0.0173 e. The first-order valence-corrected chi connectivity index (χ1v) is 5.08. The number of nitrogens with zero attached hydrogens (tertiary/aromatic N) is 1. The molecule has 0 heterocycles. The number of fused-ring (bicyclic) bond motifs is 1. The minimum Gasteiger partial charge on any atom is -0.303 e. The van der Waals surface area contributed by atoms with E-state index in [0.29, 0.717) is 0 Å². The number of likely N-dealkylation sites (N-methyl/N-ethyl adjacent to an activating group) is 1. The highest BCUT2D eigenvalue weighted by atomic mass is 15.1. The van der Waals surface area contributed by atoms with Crippen molar-refractivity contribution in [2.24, 2.45) is 0 Å². The molecule has 1 heteroatoms. The average Bonchev–Trinajstić information content (AvgIpc) is 2.59. The van der Waals surface area contributed by atoms with Gasteiger partial charge in [0.15, 0.2) is 0 Å². The lowest BCUT2D eigenvalue weighted by Crippen LogP contribution is -2.31. The maximum atomic E-state index is 2.44. The van der Waals surface area contributed by atoms with Crippen LogP contribution in [0.2, 0.25) is 0 Å². The molecule has 0 fully saturated rings. The highest BCUT2D eigenvalue weighted by molar-refractivity contribution is 5.33. The Morgan fingerprint density at radius 3 is 2.23 bits per heavy atom. The van der Waals surface area contributed by atoms with Crippen molar-refractivity contribution in [2.75, 3.05) is 13.6 Å². The van der Waals surface area contributed by atoms with E-state index in [4.69, 9.17) is 0 Å². The third kappa shape index (κ3) is 1.61. The summed E-state index contributed by atoms with van der Waals surface area (Å²) < 4.78 is 0. The van der Waals surface area contributed by atoms with Gasteiger partial charge in [-0.3, -0.25) is 0 Å². The number of hydrogen-bond donors (Lipinski definition) is 0. The molecular weight excluding hydrogens is 158 g/mol. The summed E-state index contributed by atoms with van der Waals surface area (Å²) in [4.78, 5) is 2.44. The molecule has 0 radical (unpaired) electrons. The zero-order valence-corrected chi connectivity index (χ0v) is 8.46. The molecule has 0 spiro atoms. The highest BCUT2D eigenvalue weighted by Crippen LogP contribution is 2.24. The van der Waals surface area contributed by atoms with Crippen molar-refractivity contribution in [3.63, 3.8) is 0 Å². The van der Waals surface area contributed by atoms with Crippen LogP contribution in [-0.4, -0.2) is 24.5 Å². The van der Waals surface area contributed by atoms with E-state index in [-0.39, 0.29) is 0 Å². The fourth-order valence-electron chi connectivity index (χ4n) is 2.11. The van der Waals surface area contributed by atoms with Crippen LogP contribution in [0.5, 0.6) is 0 Å². The van der Waals surface area contributed by atoms with Crippen molar-refractivity contribution < 1.29 is 0 Å². The van der Waals surface area contributed by atoms with Gasteiger partial charge in [-0.25, -0.2) is 0 Å². The van der Waals surface area contributed by atoms with Gasteiger partial charge in [-0.15, -0.1) is 0 Å². The van der Waals surface area contributed by atoms with Gasteiger partial charge >= 0.3 is 0 Å². The minimum atomic E-state index is 0.738. The first kappa shape index (κ1) is 8.76. The lowest BCUT2D eigenvalue weighted by atomic mass is 10.1. The quantitative estimate of drug-likeness (QED) is 0.665. The van der Waals surface area contributed by atoms with Crippen LogP contribution >= 0.6 is 0 Å². The molecule has 0 bridgehead atoms. The van der Waals surface area contributed by atoms with Crippen LogP contribution in [0.25, 0.3) is 0 Å². The summed E-state index contributed by atoms with van der Waals surface area (Å²) in [5.74, 6) is 0. The fourth-order valence-corrected chi connectivity index (χ4v) is 2.11. The van der Waals surface area contributed by atoms with Crippen molar-refractivity contribution in [2.45, 2.75) is 25.8 Å². The maximum absolute atomic E-state index is 2.44. The molecule has 0 aliphatic heterocycles. The van der Waals surface area contributed by atoms with Crippen LogP contribution in [-0.2, 0) is 12.8 Å². The van der Waals surface area contributed by atoms with Gasteiger partial charge in [-0.05, 0) is 37.6 Å². The number of hydrogen-bond acceptors (Lipinski definition) is 1. The molecule has 1 aromatic rings. The van der Waals surface area contributed by atoms with Gasteiger partial charge < -0.3 is 4.90 Å². The lowest BCUT2D eigenvalue weighted by Gasteiger charge is -2.21. The van der Waals surface area contributed by atoms with Crippen LogP contribution in [0.4, 0.5) is 0 Å². The van der Waals surface area contributed by atoms with Gasteiger partial charge in [0, 0.05) is 6.04 Å². The second-order valence-electron chi connectivity index (χ2n) is 3.90. The van der Waals surface area contributed by atoms with Gasteiger partial charge in [-0.1, -0.05) is 31.2 Å². The van der Waals surface area contributed by atoms with Crippen molar-refractivity contribution in [3.8, 4) is 0 Å². The summed E-state index contributed by atoms with van der Waals surface area (Å²) in [6, 6.07) is 9.56. The molecule has 0 saturated carbocycles. The Bertz CT molecular complexity index is 268. The Labute approximate surface area is 80.4 Å². The molecule has 1 nitrogen and oxygen atoms in total. The first-order chi connectivity index (χ1) is 6.31. The van der Waals surface area contributed by atoms with Crippen molar-refractivity contribution >= 4 is 0 Å². The molecule has 0 saturated heterocycles. The van der Waals surface area contributed by atoms with Gasteiger partial charge in [0.1, 0.15) is 0 Å². The molecule has 13 heavy (non-hydrogen) atoms. The molecule has 0 atom stereocenters. The second kappa shape index (κ2) is 3.51. The smallest absolute Gasteiger partial charge is 0.0173 e. The van der Waals surface area contributed by atoms with E-state index in [1.54, 1.807) is 11.1 Å². The summed E-state index contributed by atoms with van der Waals surface area (Å²) in [5.41, 5.74) is 3.10. The van der Waals surface area contributed by atoms with E-state index in [0.717, 1.165) is 12.6 Å². The second-order valence-corrected chi connectivity index (χ2v) is 3.90. The summed E-state index contributed by atoms with van der Waals surface area (Å²) in [6.45, 7) is 3.38. The Morgan fingerprint density at radius 2 is 1.77 bits per heavy atom. The summed E-state index contributed by atoms with van der Waals surface area (Å²) in [5, 5.41) is 0. The van der Waals surface area contributed by atoms with Gasteiger partial charge in [0.25, 0.3) is 0 Å². The standard InChI is InChI=1S/C12H17N/c1-3-13(2)12-8-10-6-4-5-7-11(10)9-12/h4-7,12H,3,8-9H2,1-2H3. The van der Waals surface area contributed by atoms with Gasteiger partial charge in [0.05, 0.1) is 0 Å². The SMILES string of the molecule is CCN(C)C1Cc2ccccc2C1. The summed E-state index contributed by atoms with van der Waals surface area (Å²) in [7, 11) is 2.22. The highest BCUT2D eigenvalue weighted by Gasteiger charge is 2.22. The molecule has 1 aromatic carbocycles. The number of rotatable bonds is 2. The van der Waals surface area contributed by atoms with E-state index < -0.39 is 0 Å². The average molecular weight is 175 g/mol.